The van der Waals surface area contributed by atoms with Crippen LogP contribution in [0.1, 0.15) is 18.2 Å². The predicted octanol–water partition coefficient (Wildman–Crippen LogP) is 1.70. The Bertz CT molecular complexity index is 383. The fourth-order valence-electron chi connectivity index (χ4n) is 1.16. The van der Waals surface area contributed by atoms with Crippen molar-refractivity contribution in [3.05, 3.63) is 47.8 Å². The topological polar surface area (TPSA) is 53.4 Å². The highest BCUT2D eigenvalue weighted by Crippen LogP contribution is 2.05. The van der Waals surface area contributed by atoms with E-state index in [4.69, 9.17) is 5.11 Å². The minimum atomic E-state index is -0.825. The summed E-state index contributed by atoms with van der Waals surface area (Å²) in [6.45, 7) is 3.53. The Morgan fingerprint density at radius 2 is 2.06 bits per heavy atom. The number of rotatable bonds is 4. The van der Waals surface area contributed by atoms with Gasteiger partial charge in [-0.05, 0) is 31.6 Å². The number of nitrogens with zero attached hydrogens (tertiary/aromatic N) is 1. The molecule has 0 amide bonds. The van der Waals surface area contributed by atoms with Gasteiger partial charge in [-0.15, -0.1) is 0 Å². The Balaban J connectivity index is 2.59. The highest BCUT2D eigenvalue weighted by Gasteiger charge is 2.04. The van der Waals surface area contributed by atoms with Crippen LogP contribution in [0.2, 0.25) is 0 Å². The monoisotopic (exact) mass is 219 g/mol. The van der Waals surface area contributed by atoms with Crippen LogP contribution in [0.25, 0.3) is 6.08 Å². The second-order valence-electron chi connectivity index (χ2n) is 3.68. The maximum atomic E-state index is 9.29. The first-order valence-electron chi connectivity index (χ1n) is 5.24. The first-order valence-corrected chi connectivity index (χ1v) is 5.24. The lowest BCUT2D eigenvalue weighted by Crippen LogP contribution is -2.19. The molecule has 3 heteroatoms. The molecular weight excluding hydrogens is 202 g/mol. The molecule has 0 radical (unpaired) electrons. The number of aromatic nitrogens is 1. The van der Waals surface area contributed by atoms with Crippen molar-refractivity contribution in [1.29, 1.82) is 0 Å². The number of allylic oxidation sites excluding steroid dienone is 2. The Kier molecular flexibility index (Phi) is 4.89. The summed E-state index contributed by atoms with van der Waals surface area (Å²) in [4.78, 5) is 4.20. The van der Waals surface area contributed by atoms with Crippen LogP contribution in [0.4, 0.5) is 0 Å². The summed E-state index contributed by atoms with van der Waals surface area (Å²) in [5, 5.41) is 18.3. The van der Waals surface area contributed by atoms with Gasteiger partial charge in [0, 0.05) is 6.20 Å². The number of aryl methyl sites for hydroxylation is 1. The van der Waals surface area contributed by atoms with Gasteiger partial charge in [-0.25, -0.2) is 0 Å². The van der Waals surface area contributed by atoms with Crippen molar-refractivity contribution in [2.24, 2.45) is 0 Å². The van der Waals surface area contributed by atoms with E-state index in [1.165, 1.54) is 0 Å². The largest absolute Gasteiger partial charge is 0.390 e. The second-order valence-corrected chi connectivity index (χ2v) is 3.68. The van der Waals surface area contributed by atoms with E-state index in [2.05, 4.69) is 4.98 Å². The Morgan fingerprint density at radius 3 is 2.69 bits per heavy atom. The Labute approximate surface area is 95.8 Å². The van der Waals surface area contributed by atoms with Crippen LogP contribution in [0, 0.1) is 6.92 Å². The van der Waals surface area contributed by atoms with Crippen molar-refractivity contribution >= 4 is 6.08 Å². The number of pyridine rings is 1. The molecule has 0 spiro atoms. The molecule has 1 aromatic heterocycles. The molecule has 1 aromatic rings. The average molecular weight is 219 g/mol. The maximum absolute atomic E-state index is 9.29. The summed E-state index contributed by atoms with van der Waals surface area (Å²) in [6, 6.07) is 3.88. The zero-order chi connectivity index (χ0) is 12.0. The molecule has 2 atom stereocenters. The van der Waals surface area contributed by atoms with Crippen LogP contribution in [-0.2, 0) is 0 Å². The fraction of sp³-hybridized carbons (Fsp3) is 0.308. The summed E-state index contributed by atoms with van der Waals surface area (Å²) in [5.74, 6) is 0. The van der Waals surface area contributed by atoms with E-state index in [9.17, 15) is 5.11 Å². The summed E-state index contributed by atoms with van der Waals surface area (Å²) >= 11 is 0. The minimum Gasteiger partial charge on any atom is -0.390 e. The summed E-state index contributed by atoms with van der Waals surface area (Å²) in [7, 11) is 0. The van der Waals surface area contributed by atoms with E-state index >= 15 is 0 Å². The molecule has 0 saturated carbocycles. The van der Waals surface area contributed by atoms with Gasteiger partial charge in [0.15, 0.2) is 0 Å². The number of hydrogen-bond donors (Lipinski definition) is 2. The summed E-state index contributed by atoms with van der Waals surface area (Å²) < 4.78 is 0. The van der Waals surface area contributed by atoms with Crippen molar-refractivity contribution in [3.63, 3.8) is 0 Å². The van der Waals surface area contributed by atoms with Crippen molar-refractivity contribution in [1.82, 2.24) is 4.98 Å². The quantitative estimate of drug-likeness (QED) is 0.758. The molecule has 1 rings (SSSR count). The lowest BCUT2D eigenvalue weighted by atomic mass is 10.2. The highest BCUT2D eigenvalue weighted by atomic mass is 16.3. The second kappa shape index (κ2) is 6.20. The van der Waals surface area contributed by atoms with Gasteiger partial charge in [0.25, 0.3) is 0 Å². The normalized spacial score (nSPS) is 15.8. The van der Waals surface area contributed by atoms with Crippen molar-refractivity contribution < 1.29 is 10.2 Å². The summed E-state index contributed by atoms with van der Waals surface area (Å²) in [6.07, 6.45) is 7.06. The average Bonchev–Trinajstić information content (AvgIpc) is 2.26. The number of aliphatic hydroxyl groups is 2. The van der Waals surface area contributed by atoms with Gasteiger partial charge in [0.05, 0.1) is 17.9 Å². The first kappa shape index (κ1) is 12.6. The van der Waals surface area contributed by atoms with E-state index in [0.717, 1.165) is 11.3 Å². The number of aliphatic hydroxyl groups excluding tert-OH is 2. The summed E-state index contributed by atoms with van der Waals surface area (Å²) in [5.41, 5.74) is 2.00. The molecule has 0 aliphatic heterocycles. The van der Waals surface area contributed by atoms with Gasteiger partial charge >= 0.3 is 0 Å². The van der Waals surface area contributed by atoms with Gasteiger partial charge in [-0.2, -0.15) is 0 Å². The molecule has 0 aliphatic carbocycles. The standard InChI is InChI=1S/C13H17NO2/c1-10-6-5-9-14-12(10)7-3-4-8-13(16)11(2)15/h3-9,11,13,15-16H,1-2H3/t11-,13-/m1/s1. The molecule has 86 valence electrons. The maximum Gasteiger partial charge on any atom is 0.0980 e. The molecule has 1 heterocycles. The van der Waals surface area contributed by atoms with Crippen LogP contribution in [0.3, 0.4) is 0 Å². The molecule has 2 N–H and O–H groups in total. The third-order valence-corrected chi connectivity index (χ3v) is 2.22. The highest BCUT2D eigenvalue weighted by molar-refractivity contribution is 5.50. The third-order valence-electron chi connectivity index (χ3n) is 2.22. The van der Waals surface area contributed by atoms with Gasteiger partial charge in [0.1, 0.15) is 0 Å². The van der Waals surface area contributed by atoms with E-state index in [1.807, 2.05) is 25.1 Å². The van der Waals surface area contributed by atoms with E-state index in [0.29, 0.717) is 0 Å². The van der Waals surface area contributed by atoms with Crippen LogP contribution < -0.4 is 0 Å². The SMILES string of the molecule is Cc1cccnc1C=CC=C[C@@H](O)[C@@H](C)O. The number of hydrogen-bond acceptors (Lipinski definition) is 3. The Morgan fingerprint density at radius 1 is 1.31 bits per heavy atom. The van der Waals surface area contributed by atoms with Crippen LogP contribution >= 0.6 is 0 Å². The van der Waals surface area contributed by atoms with E-state index in [-0.39, 0.29) is 0 Å². The molecule has 0 aliphatic rings. The van der Waals surface area contributed by atoms with Gasteiger partial charge < -0.3 is 10.2 Å². The van der Waals surface area contributed by atoms with Crippen LogP contribution in [0.5, 0.6) is 0 Å². The molecule has 0 saturated heterocycles. The lowest BCUT2D eigenvalue weighted by molar-refractivity contribution is 0.0619. The van der Waals surface area contributed by atoms with Crippen LogP contribution in [-0.4, -0.2) is 27.4 Å². The first-order chi connectivity index (χ1) is 7.61. The smallest absolute Gasteiger partial charge is 0.0980 e. The van der Waals surface area contributed by atoms with Crippen molar-refractivity contribution in [2.45, 2.75) is 26.1 Å². The van der Waals surface area contributed by atoms with Gasteiger partial charge in [-0.1, -0.05) is 24.3 Å². The fourth-order valence-corrected chi connectivity index (χ4v) is 1.16. The van der Waals surface area contributed by atoms with Crippen LogP contribution in [0.15, 0.2) is 36.6 Å². The van der Waals surface area contributed by atoms with Gasteiger partial charge in [-0.3, -0.25) is 4.98 Å². The molecule has 3 nitrogen and oxygen atoms in total. The van der Waals surface area contributed by atoms with E-state index < -0.39 is 12.2 Å². The molecule has 16 heavy (non-hydrogen) atoms. The lowest BCUT2D eigenvalue weighted by Gasteiger charge is -2.06. The molecule has 0 unspecified atom stereocenters. The zero-order valence-corrected chi connectivity index (χ0v) is 9.54. The van der Waals surface area contributed by atoms with E-state index in [1.54, 1.807) is 31.3 Å². The molecule has 0 bridgehead atoms. The van der Waals surface area contributed by atoms with Crippen molar-refractivity contribution in [3.8, 4) is 0 Å². The Hall–Kier alpha value is -1.45. The molecule has 0 aromatic carbocycles. The van der Waals surface area contributed by atoms with Gasteiger partial charge in [0.2, 0.25) is 0 Å². The molecule has 0 fully saturated rings. The minimum absolute atomic E-state index is 0.749. The predicted molar refractivity (Wildman–Crippen MR) is 64.8 cm³/mol. The molecular formula is C13H17NO2. The zero-order valence-electron chi connectivity index (χ0n) is 9.54. The van der Waals surface area contributed by atoms with Crippen molar-refractivity contribution in [2.75, 3.05) is 0 Å². The third kappa shape index (κ3) is 3.96.